The van der Waals surface area contributed by atoms with Gasteiger partial charge in [0.25, 0.3) is 5.91 Å². The van der Waals surface area contributed by atoms with Gasteiger partial charge in [0.2, 0.25) is 0 Å². The van der Waals surface area contributed by atoms with Gasteiger partial charge in [-0.15, -0.1) is 11.3 Å². The molecule has 0 fully saturated rings. The minimum absolute atomic E-state index is 0.215. The number of benzene rings is 3. The van der Waals surface area contributed by atoms with Gasteiger partial charge in [0, 0.05) is 27.6 Å². The molecule has 0 unspecified atom stereocenters. The van der Waals surface area contributed by atoms with E-state index in [1.807, 2.05) is 85.8 Å². The average molecular weight is 488 g/mol. The van der Waals surface area contributed by atoms with E-state index in [2.05, 4.69) is 32.9 Å². The van der Waals surface area contributed by atoms with Crippen molar-refractivity contribution in [2.24, 2.45) is 0 Å². The molecular formula is C29H21N5OS. The zero-order valence-electron chi connectivity index (χ0n) is 19.4. The Morgan fingerprint density at radius 3 is 2.44 bits per heavy atom. The molecule has 3 aromatic carbocycles. The number of amides is 1. The standard InChI is InChI=1S/C29H21N5OS/c1-19-24(17-30-34(19)27-16-13-20-7-5-6-10-25(20)32-27)28(35)31-23-14-11-21(12-15-23)26-18-36-29(33-26)22-8-3-2-4-9-22/h2-18H,1H3,(H,31,35). The van der Waals surface area contributed by atoms with Crippen LogP contribution in [0.15, 0.2) is 103 Å². The van der Waals surface area contributed by atoms with E-state index < -0.39 is 0 Å². The van der Waals surface area contributed by atoms with Crippen LogP contribution in [0.1, 0.15) is 16.1 Å². The number of para-hydroxylation sites is 1. The molecule has 1 amide bonds. The van der Waals surface area contributed by atoms with Crippen LogP contribution in [-0.4, -0.2) is 25.7 Å². The van der Waals surface area contributed by atoms with Crippen LogP contribution in [0.3, 0.4) is 0 Å². The maximum absolute atomic E-state index is 13.0. The number of nitrogens with zero attached hydrogens (tertiary/aromatic N) is 4. The highest BCUT2D eigenvalue weighted by Gasteiger charge is 2.16. The largest absolute Gasteiger partial charge is 0.322 e. The second-order valence-electron chi connectivity index (χ2n) is 8.35. The molecule has 0 saturated heterocycles. The molecule has 0 aliphatic heterocycles. The summed E-state index contributed by atoms with van der Waals surface area (Å²) in [7, 11) is 0. The predicted octanol–water partition coefficient (Wildman–Crippen LogP) is 6.77. The van der Waals surface area contributed by atoms with Gasteiger partial charge in [0.1, 0.15) is 5.01 Å². The first-order chi connectivity index (χ1) is 17.7. The van der Waals surface area contributed by atoms with Crippen molar-refractivity contribution in [2.45, 2.75) is 6.92 Å². The van der Waals surface area contributed by atoms with Crippen molar-refractivity contribution in [3.05, 3.63) is 114 Å². The lowest BCUT2D eigenvalue weighted by molar-refractivity contribution is 0.102. The molecule has 3 heterocycles. The average Bonchev–Trinajstić information content (AvgIpc) is 3.57. The fourth-order valence-electron chi connectivity index (χ4n) is 4.08. The van der Waals surface area contributed by atoms with Crippen LogP contribution in [-0.2, 0) is 0 Å². The summed E-state index contributed by atoms with van der Waals surface area (Å²) in [6.07, 6.45) is 1.58. The van der Waals surface area contributed by atoms with E-state index in [0.717, 1.165) is 38.4 Å². The Kier molecular flexibility index (Phi) is 5.59. The minimum atomic E-state index is -0.215. The van der Waals surface area contributed by atoms with Crippen LogP contribution < -0.4 is 5.32 Å². The van der Waals surface area contributed by atoms with Crippen LogP contribution >= 0.6 is 11.3 Å². The van der Waals surface area contributed by atoms with Crippen molar-refractivity contribution in [2.75, 3.05) is 5.32 Å². The Labute approximate surface area is 211 Å². The SMILES string of the molecule is Cc1c(C(=O)Nc2ccc(-c3csc(-c4ccccc4)n3)cc2)cnn1-c1ccc2ccccc2n1. The normalized spacial score (nSPS) is 11.0. The molecule has 0 atom stereocenters. The Bertz CT molecular complexity index is 1690. The van der Waals surface area contributed by atoms with Crippen molar-refractivity contribution >= 4 is 33.8 Å². The molecule has 6 aromatic rings. The van der Waals surface area contributed by atoms with Crippen LogP contribution in [0.4, 0.5) is 5.69 Å². The van der Waals surface area contributed by atoms with Gasteiger partial charge in [0.05, 0.1) is 28.7 Å². The molecule has 174 valence electrons. The highest BCUT2D eigenvalue weighted by atomic mass is 32.1. The van der Waals surface area contributed by atoms with E-state index >= 15 is 0 Å². The summed E-state index contributed by atoms with van der Waals surface area (Å²) in [5, 5.41) is 11.5. The van der Waals surface area contributed by atoms with Crippen molar-refractivity contribution in [3.63, 3.8) is 0 Å². The maximum atomic E-state index is 13.0. The van der Waals surface area contributed by atoms with Gasteiger partial charge in [-0.2, -0.15) is 5.10 Å². The van der Waals surface area contributed by atoms with Gasteiger partial charge in [0.15, 0.2) is 5.82 Å². The second-order valence-corrected chi connectivity index (χ2v) is 9.21. The van der Waals surface area contributed by atoms with Gasteiger partial charge < -0.3 is 5.32 Å². The molecular weight excluding hydrogens is 466 g/mol. The van der Waals surface area contributed by atoms with Gasteiger partial charge >= 0.3 is 0 Å². The number of nitrogens with one attached hydrogen (secondary N) is 1. The summed E-state index contributed by atoms with van der Waals surface area (Å²) in [5.74, 6) is 0.458. The number of hydrogen-bond acceptors (Lipinski definition) is 5. The number of fused-ring (bicyclic) bond motifs is 1. The molecule has 0 radical (unpaired) electrons. The van der Waals surface area contributed by atoms with Gasteiger partial charge in [-0.05, 0) is 37.3 Å². The van der Waals surface area contributed by atoms with Crippen LogP contribution in [0.5, 0.6) is 0 Å². The molecule has 6 nitrogen and oxygen atoms in total. The molecule has 7 heteroatoms. The lowest BCUT2D eigenvalue weighted by atomic mass is 10.1. The van der Waals surface area contributed by atoms with E-state index in [4.69, 9.17) is 4.98 Å². The van der Waals surface area contributed by atoms with E-state index in [1.165, 1.54) is 0 Å². The highest BCUT2D eigenvalue weighted by molar-refractivity contribution is 7.13. The van der Waals surface area contributed by atoms with Gasteiger partial charge in [-0.3, -0.25) is 4.79 Å². The van der Waals surface area contributed by atoms with Crippen molar-refractivity contribution in [1.82, 2.24) is 19.7 Å². The maximum Gasteiger partial charge on any atom is 0.259 e. The first-order valence-corrected chi connectivity index (χ1v) is 12.4. The summed E-state index contributed by atoms with van der Waals surface area (Å²) in [6.45, 7) is 1.87. The number of anilines is 1. The zero-order valence-corrected chi connectivity index (χ0v) is 20.2. The molecule has 0 aliphatic carbocycles. The van der Waals surface area contributed by atoms with E-state index in [1.54, 1.807) is 22.2 Å². The number of hydrogen-bond donors (Lipinski definition) is 1. The van der Waals surface area contributed by atoms with Crippen LogP contribution in [0, 0.1) is 6.92 Å². The Morgan fingerprint density at radius 1 is 0.833 bits per heavy atom. The molecule has 0 aliphatic rings. The minimum Gasteiger partial charge on any atom is -0.322 e. The first kappa shape index (κ1) is 21.9. The Morgan fingerprint density at radius 2 is 1.61 bits per heavy atom. The summed E-state index contributed by atoms with van der Waals surface area (Å²) in [6, 6.07) is 29.7. The highest BCUT2D eigenvalue weighted by Crippen LogP contribution is 2.29. The number of pyridine rings is 1. The zero-order chi connectivity index (χ0) is 24.5. The molecule has 3 aromatic heterocycles. The molecule has 1 N–H and O–H groups in total. The number of rotatable bonds is 5. The van der Waals surface area contributed by atoms with Crippen molar-refractivity contribution in [3.8, 4) is 27.6 Å². The third-order valence-corrected chi connectivity index (χ3v) is 6.91. The number of carbonyl (C=O) groups is 1. The summed E-state index contributed by atoms with van der Waals surface area (Å²) in [4.78, 5) is 22.5. The first-order valence-electron chi connectivity index (χ1n) is 11.5. The molecule has 0 saturated carbocycles. The third-order valence-electron chi connectivity index (χ3n) is 6.02. The molecule has 36 heavy (non-hydrogen) atoms. The Hall–Kier alpha value is -4.62. The summed E-state index contributed by atoms with van der Waals surface area (Å²) >= 11 is 1.62. The fourth-order valence-corrected chi connectivity index (χ4v) is 4.91. The summed E-state index contributed by atoms with van der Waals surface area (Å²) < 4.78 is 1.69. The van der Waals surface area contributed by atoms with E-state index in [9.17, 15) is 4.79 Å². The lowest BCUT2D eigenvalue weighted by Crippen LogP contribution is -2.13. The molecule has 0 spiro atoms. The quantitative estimate of drug-likeness (QED) is 0.291. The van der Waals surface area contributed by atoms with Crippen LogP contribution in [0.25, 0.3) is 38.5 Å². The van der Waals surface area contributed by atoms with E-state index in [0.29, 0.717) is 17.1 Å². The number of carbonyl (C=O) groups excluding carboxylic acids is 1. The second kappa shape index (κ2) is 9.20. The van der Waals surface area contributed by atoms with Gasteiger partial charge in [-0.1, -0.05) is 60.7 Å². The lowest BCUT2D eigenvalue weighted by Gasteiger charge is -2.07. The molecule has 6 rings (SSSR count). The fraction of sp³-hybridized carbons (Fsp3) is 0.0345. The molecule has 0 bridgehead atoms. The smallest absolute Gasteiger partial charge is 0.259 e. The van der Waals surface area contributed by atoms with Crippen molar-refractivity contribution < 1.29 is 4.79 Å². The van der Waals surface area contributed by atoms with E-state index in [-0.39, 0.29) is 5.91 Å². The predicted molar refractivity (Wildman–Crippen MR) is 145 cm³/mol. The monoisotopic (exact) mass is 487 g/mol. The third kappa shape index (κ3) is 4.16. The Balaban J connectivity index is 1.19. The van der Waals surface area contributed by atoms with Crippen LogP contribution in [0.2, 0.25) is 0 Å². The van der Waals surface area contributed by atoms with Crippen molar-refractivity contribution in [1.29, 1.82) is 0 Å². The number of aromatic nitrogens is 4. The van der Waals surface area contributed by atoms with Gasteiger partial charge in [-0.25, -0.2) is 14.6 Å². The topological polar surface area (TPSA) is 72.7 Å². The number of thiazole rings is 1. The summed E-state index contributed by atoms with van der Waals surface area (Å²) in [5.41, 5.74) is 5.83.